The molecule has 0 atom stereocenters. The van der Waals surface area contributed by atoms with Crippen molar-refractivity contribution in [2.24, 2.45) is 0 Å². The molecule has 16 heavy (non-hydrogen) atoms. The molecule has 0 bridgehead atoms. The van der Waals surface area contributed by atoms with Gasteiger partial charge in [-0.1, -0.05) is 34.8 Å². The fourth-order valence-corrected chi connectivity index (χ4v) is 2.02. The van der Waals surface area contributed by atoms with Crippen LogP contribution in [0.5, 0.6) is 5.88 Å². The normalized spacial score (nSPS) is 11.6. The number of hydrogen-bond acceptors (Lipinski definition) is 5. The third-order valence-electron chi connectivity index (χ3n) is 1.50. The summed E-state index contributed by atoms with van der Waals surface area (Å²) < 4.78 is 25.6. The van der Waals surface area contributed by atoms with Crippen LogP contribution in [0, 0.1) is 0 Å². The van der Waals surface area contributed by atoms with E-state index in [2.05, 4.69) is 14.0 Å². The first-order valence-electron chi connectivity index (χ1n) is 3.84. The molecule has 0 aliphatic rings. The van der Waals surface area contributed by atoms with Crippen LogP contribution in [0.2, 0.25) is 15.2 Å². The molecule has 0 radical (unpaired) electrons. The zero-order valence-electron chi connectivity index (χ0n) is 8.24. The first-order chi connectivity index (χ1) is 7.41. The predicted octanol–water partition coefficient (Wildman–Crippen LogP) is 3.82. The maximum Gasteiger partial charge on any atom is 0.530 e. The summed E-state index contributed by atoms with van der Waals surface area (Å²) in [6.07, 6.45) is 0. The van der Waals surface area contributed by atoms with Gasteiger partial charge in [0.05, 0.1) is 5.02 Å². The lowest BCUT2D eigenvalue weighted by Gasteiger charge is -2.14. The van der Waals surface area contributed by atoms with Crippen molar-refractivity contribution >= 4 is 42.6 Å². The topological polar surface area (TPSA) is 57.7 Å². The monoisotopic (exact) mass is 305 g/mol. The van der Waals surface area contributed by atoms with E-state index in [0.29, 0.717) is 0 Å². The lowest BCUT2D eigenvalue weighted by atomic mass is 10.5. The van der Waals surface area contributed by atoms with Gasteiger partial charge in [0.1, 0.15) is 10.2 Å². The van der Waals surface area contributed by atoms with Crippen LogP contribution in [0.1, 0.15) is 0 Å². The molecule has 0 spiro atoms. The number of aromatic nitrogens is 1. The Balaban J connectivity index is 3.10. The van der Waals surface area contributed by atoms with E-state index in [0.717, 1.165) is 14.2 Å². The smallest absolute Gasteiger partial charge is 0.384 e. The highest BCUT2D eigenvalue weighted by molar-refractivity contribution is 7.48. The van der Waals surface area contributed by atoms with Gasteiger partial charge in [-0.2, -0.15) is 4.98 Å². The summed E-state index contributed by atoms with van der Waals surface area (Å²) >= 11 is 17.1. The highest BCUT2D eigenvalue weighted by Crippen LogP contribution is 2.49. The minimum atomic E-state index is -3.73. The van der Waals surface area contributed by atoms with Gasteiger partial charge in [-0.25, -0.2) is 4.57 Å². The van der Waals surface area contributed by atoms with Crippen LogP contribution < -0.4 is 4.52 Å². The summed E-state index contributed by atoms with van der Waals surface area (Å²) in [5.41, 5.74) is 0. The zero-order valence-corrected chi connectivity index (χ0v) is 11.4. The average molecular weight is 306 g/mol. The van der Waals surface area contributed by atoms with E-state index < -0.39 is 7.82 Å². The Labute approximate surface area is 107 Å². The number of nitrogens with zero attached hydrogens (tertiary/aromatic N) is 1. The molecule has 5 nitrogen and oxygen atoms in total. The minimum absolute atomic E-state index is 0.0274. The predicted molar refractivity (Wildman–Crippen MR) is 61.5 cm³/mol. The lowest BCUT2D eigenvalue weighted by Crippen LogP contribution is -1.99. The molecule has 0 saturated carbocycles. The van der Waals surface area contributed by atoms with Crippen molar-refractivity contribution in [1.29, 1.82) is 0 Å². The fourth-order valence-electron chi connectivity index (χ4n) is 0.764. The molecule has 0 aliphatic carbocycles. The maximum atomic E-state index is 11.6. The summed E-state index contributed by atoms with van der Waals surface area (Å²) in [7, 11) is -1.42. The number of phosphoric ester groups is 1. The van der Waals surface area contributed by atoms with Crippen molar-refractivity contribution < 1.29 is 18.1 Å². The standard InChI is InChI=1S/C7H7Cl3NO4P/c1-13-16(12,14-2)15-7-6(10)4(8)3-5(9)11-7/h3H,1-2H3. The second kappa shape index (κ2) is 5.54. The molecule has 90 valence electrons. The first-order valence-corrected chi connectivity index (χ1v) is 6.44. The number of pyridine rings is 1. The molecule has 0 aromatic carbocycles. The van der Waals surface area contributed by atoms with E-state index in [1.165, 1.54) is 6.07 Å². The van der Waals surface area contributed by atoms with Crippen molar-refractivity contribution in [2.75, 3.05) is 14.2 Å². The van der Waals surface area contributed by atoms with E-state index in [9.17, 15) is 4.57 Å². The Morgan fingerprint density at radius 1 is 1.25 bits per heavy atom. The Kier molecular flexibility index (Phi) is 4.86. The molecule has 0 fully saturated rings. The highest BCUT2D eigenvalue weighted by atomic mass is 35.5. The van der Waals surface area contributed by atoms with Crippen molar-refractivity contribution in [3.05, 3.63) is 21.3 Å². The second-order valence-electron chi connectivity index (χ2n) is 2.45. The average Bonchev–Trinajstić information content (AvgIpc) is 2.25. The summed E-state index contributed by atoms with van der Waals surface area (Å²) in [6.45, 7) is 0. The van der Waals surface area contributed by atoms with Crippen molar-refractivity contribution in [1.82, 2.24) is 4.98 Å². The quantitative estimate of drug-likeness (QED) is 0.625. The fraction of sp³-hybridized carbons (Fsp3) is 0.286. The third-order valence-corrected chi connectivity index (χ3v) is 3.74. The van der Waals surface area contributed by atoms with Crippen LogP contribution in [0.25, 0.3) is 0 Å². The van der Waals surface area contributed by atoms with Crippen molar-refractivity contribution in [3.63, 3.8) is 0 Å². The Morgan fingerprint density at radius 3 is 2.31 bits per heavy atom. The molecule has 0 saturated heterocycles. The van der Waals surface area contributed by atoms with E-state index >= 15 is 0 Å². The number of phosphoric acid groups is 1. The van der Waals surface area contributed by atoms with Crippen molar-refractivity contribution in [3.8, 4) is 5.88 Å². The second-order valence-corrected chi connectivity index (χ2v) is 5.43. The van der Waals surface area contributed by atoms with Gasteiger partial charge in [0, 0.05) is 14.2 Å². The molecule has 1 aromatic rings. The largest absolute Gasteiger partial charge is 0.530 e. The molecule has 0 amide bonds. The molecule has 1 heterocycles. The molecule has 9 heteroatoms. The molecule has 0 N–H and O–H groups in total. The summed E-state index contributed by atoms with van der Waals surface area (Å²) in [5.74, 6) is -0.216. The van der Waals surface area contributed by atoms with Crippen LogP contribution in [0.15, 0.2) is 6.07 Å². The van der Waals surface area contributed by atoms with Crippen LogP contribution in [-0.4, -0.2) is 19.2 Å². The van der Waals surface area contributed by atoms with Gasteiger partial charge >= 0.3 is 7.82 Å². The molecule has 1 rings (SSSR count). The molecule has 0 unspecified atom stereocenters. The van der Waals surface area contributed by atoms with Gasteiger partial charge in [0.2, 0.25) is 5.88 Å². The number of rotatable bonds is 4. The Hall–Kier alpha value is -0.0300. The van der Waals surface area contributed by atoms with E-state index in [-0.39, 0.29) is 21.1 Å². The van der Waals surface area contributed by atoms with Crippen LogP contribution >= 0.6 is 42.6 Å². The van der Waals surface area contributed by atoms with Crippen LogP contribution in [0.4, 0.5) is 0 Å². The molecule has 0 aliphatic heterocycles. The minimum Gasteiger partial charge on any atom is -0.384 e. The van der Waals surface area contributed by atoms with Crippen LogP contribution in [0.3, 0.4) is 0 Å². The van der Waals surface area contributed by atoms with E-state index in [1.54, 1.807) is 0 Å². The third kappa shape index (κ3) is 3.23. The summed E-state index contributed by atoms with van der Waals surface area (Å²) in [5, 5.41) is 0.138. The first kappa shape index (κ1) is 14.0. The summed E-state index contributed by atoms with van der Waals surface area (Å²) in [4.78, 5) is 3.71. The lowest BCUT2D eigenvalue weighted by molar-refractivity contribution is 0.209. The zero-order chi connectivity index (χ0) is 12.3. The molecular weight excluding hydrogens is 299 g/mol. The van der Waals surface area contributed by atoms with Gasteiger partial charge < -0.3 is 4.52 Å². The van der Waals surface area contributed by atoms with E-state index in [1.807, 2.05) is 0 Å². The number of hydrogen-bond donors (Lipinski definition) is 0. The Bertz CT molecular complexity index is 434. The van der Waals surface area contributed by atoms with Gasteiger partial charge in [0.25, 0.3) is 0 Å². The van der Waals surface area contributed by atoms with Crippen molar-refractivity contribution in [2.45, 2.75) is 0 Å². The Morgan fingerprint density at radius 2 is 1.81 bits per heavy atom. The van der Waals surface area contributed by atoms with Gasteiger partial charge in [-0.3, -0.25) is 9.05 Å². The molecule has 1 aromatic heterocycles. The van der Waals surface area contributed by atoms with Gasteiger partial charge in [-0.15, -0.1) is 0 Å². The summed E-state index contributed by atoms with van der Waals surface area (Å²) in [6, 6.07) is 1.32. The van der Waals surface area contributed by atoms with Gasteiger partial charge in [-0.05, 0) is 6.07 Å². The SMILES string of the molecule is COP(=O)(OC)Oc1nc(Cl)cc(Cl)c1Cl. The molecular formula is C7H7Cl3NO4P. The maximum absolute atomic E-state index is 11.6. The number of halogens is 3. The van der Waals surface area contributed by atoms with Gasteiger partial charge in [0.15, 0.2) is 0 Å². The highest BCUT2D eigenvalue weighted by Gasteiger charge is 2.27. The van der Waals surface area contributed by atoms with Crippen LogP contribution in [-0.2, 0) is 13.6 Å². The van der Waals surface area contributed by atoms with E-state index in [4.69, 9.17) is 39.3 Å².